The Morgan fingerprint density at radius 3 is 2.76 bits per heavy atom. The smallest absolute Gasteiger partial charge is 0.231 e. The van der Waals surface area contributed by atoms with E-state index in [2.05, 4.69) is 20.3 Å². The predicted octanol–water partition coefficient (Wildman–Crippen LogP) is 3.72. The lowest BCUT2D eigenvalue weighted by Gasteiger charge is -2.20. The summed E-state index contributed by atoms with van der Waals surface area (Å²) in [6.07, 6.45) is 3.43. The first-order valence-electron chi connectivity index (χ1n) is 10.6. The van der Waals surface area contributed by atoms with Crippen LogP contribution in [0.4, 0.5) is 5.82 Å². The SMILES string of the molecule is CC(C)(C)NC(=O)CCn1c(Sc2cc3c(cc2-c2nccs2)OCO3)nc2c(N)ncnc21. The van der Waals surface area contributed by atoms with Crippen LogP contribution in [0.3, 0.4) is 0 Å². The Kier molecular flexibility index (Phi) is 5.78. The van der Waals surface area contributed by atoms with Crippen molar-refractivity contribution in [3.8, 4) is 22.1 Å². The fourth-order valence-corrected chi connectivity index (χ4v) is 5.32. The number of hydrogen-bond acceptors (Lipinski definition) is 10. The molecule has 0 fully saturated rings. The van der Waals surface area contributed by atoms with Gasteiger partial charge in [-0.15, -0.1) is 11.3 Å². The normalized spacial score (nSPS) is 12.9. The summed E-state index contributed by atoms with van der Waals surface area (Å²) in [7, 11) is 0. The Balaban J connectivity index is 1.54. The molecule has 1 amide bonds. The van der Waals surface area contributed by atoms with Crippen molar-refractivity contribution in [2.45, 2.75) is 49.3 Å². The topological polar surface area (TPSA) is 130 Å². The van der Waals surface area contributed by atoms with Gasteiger partial charge < -0.3 is 25.1 Å². The lowest BCUT2D eigenvalue weighted by atomic mass is 10.1. The fraction of sp³-hybridized carbons (Fsp3) is 0.318. The number of benzene rings is 1. The third-order valence-electron chi connectivity index (χ3n) is 4.94. The molecule has 1 aliphatic rings. The number of thiazole rings is 1. The second-order valence-electron chi connectivity index (χ2n) is 8.67. The zero-order valence-corrected chi connectivity index (χ0v) is 20.5. The largest absolute Gasteiger partial charge is 0.454 e. The zero-order valence-electron chi connectivity index (χ0n) is 18.9. The predicted molar refractivity (Wildman–Crippen MR) is 130 cm³/mol. The van der Waals surface area contributed by atoms with Crippen molar-refractivity contribution in [2.75, 3.05) is 12.5 Å². The van der Waals surface area contributed by atoms with E-state index in [1.165, 1.54) is 29.4 Å². The van der Waals surface area contributed by atoms with Crippen molar-refractivity contribution >= 4 is 46.0 Å². The highest BCUT2D eigenvalue weighted by Crippen LogP contribution is 2.45. The zero-order chi connectivity index (χ0) is 23.9. The van der Waals surface area contributed by atoms with Crippen LogP contribution in [0, 0.1) is 0 Å². The quantitative estimate of drug-likeness (QED) is 0.409. The van der Waals surface area contributed by atoms with Crippen LogP contribution in [0.1, 0.15) is 27.2 Å². The summed E-state index contributed by atoms with van der Waals surface area (Å²) in [5.41, 5.74) is 7.77. The van der Waals surface area contributed by atoms with Gasteiger partial charge >= 0.3 is 0 Å². The molecule has 0 saturated carbocycles. The van der Waals surface area contributed by atoms with Crippen molar-refractivity contribution in [1.82, 2.24) is 29.8 Å². The van der Waals surface area contributed by atoms with Crippen LogP contribution >= 0.6 is 23.1 Å². The molecule has 0 saturated heterocycles. The molecule has 0 atom stereocenters. The summed E-state index contributed by atoms with van der Waals surface area (Å²) in [6, 6.07) is 3.86. The molecule has 0 unspecified atom stereocenters. The van der Waals surface area contributed by atoms with Crippen LogP contribution in [0.2, 0.25) is 0 Å². The van der Waals surface area contributed by atoms with Crippen LogP contribution in [0.25, 0.3) is 21.7 Å². The lowest BCUT2D eigenvalue weighted by molar-refractivity contribution is -0.122. The molecule has 176 valence electrons. The van der Waals surface area contributed by atoms with Gasteiger partial charge in [0.2, 0.25) is 12.7 Å². The Hall–Kier alpha value is -3.38. The molecular weight excluding hydrogens is 474 g/mol. The summed E-state index contributed by atoms with van der Waals surface area (Å²) in [5, 5.41) is 6.41. The number of anilines is 1. The van der Waals surface area contributed by atoms with Crippen LogP contribution in [0.5, 0.6) is 11.5 Å². The number of nitrogens with zero attached hydrogens (tertiary/aromatic N) is 5. The molecule has 0 bridgehead atoms. The van der Waals surface area contributed by atoms with Crippen LogP contribution in [0.15, 0.2) is 40.1 Å². The monoisotopic (exact) mass is 497 g/mol. The minimum absolute atomic E-state index is 0.0566. The van der Waals surface area contributed by atoms with E-state index >= 15 is 0 Å². The number of nitrogens with one attached hydrogen (secondary N) is 1. The van der Waals surface area contributed by atoms with Gasteiger partial charge in [0.1, 0.15) is 11.3 Å². The van der Waals surface area contributed by atoms with Crippen molar-refractivity contribution < 1.29 is 14.3 Å². The lowest BCUT2D eigenvalue weighted by Crippen LogP contribution is -2.40. The molecule has 1 aromatic carbocycles. The van der Waals surface area contributed by atoms with Crippen molar-refractivity contribution in [3.05, 3.63) is 30.0 Å². The van der Waals surface area contributed by atoms with E-state index in [1.54, 1.807) is 6.20 Å². The number of nitrogens with two attached hydrogens (primary N) is 1. The molecule has 0 spiro atoms. The number of aryl methyl sites for hydroxylation is 1. The van der Waals surface area contributed by atoms with Crippen LogP contribution in [-0.4, -0.2) is 42.7 Å². The molecule has 1 aliphatic heterocycles. The Morgan fingerprint density at radius 2 is 2.03 bits per heavy atom. The average Bonchev–Trinajstić information content (AvgIpc) is 3.51. The van der Waals surface area contributed by atoms with Gasteiger partial charge in [-0.1, -0.05) is 11.8 Å². The van der Waals surface area contributed by atoms with E-state index < -0.39 is 0 Å². The Morgan fingerprint density at radius 1 is 1.24 bits per heavy atom. The molecule has 10 nitrogen and oxygen atoms in total. The second-order valence-corrected chi connectivity index (χ2v) is 10.6. The van der Waals surface area contributed by atoms with Gasteiger partial charge in [-0.3, -0.25) is 4.79 Å². The van der Waals surface area contributed by atoms with E-state index in [4.69, 9.17) is 20.2 Å². The van der Waals surface area contributed by atoms with E-state index in [0.717, 1.165) is 15.5 Å². The van der Waals surface area contributed by atoms with Gasteiger partial charge in [-0.25, -0.2) is 19.9 Å². The number of carbonyl (C=O) groups is 1. The third-order valence-corrected chi connectivity index (χ3v) is 6.80. The maximum Gasteiger partial charge on any atom is 0.231 e. The molecule has 4 heterocycles. The number of rotatable bonds is 6. The highest BCUT2D eigenvalue weighted by molar-refractivity contribution is 7.99. The standard InChI is InChI=1S/C22H23N7O3S2/c1-22(2,3)28-16(30)4-6-29-19-17(18(23)25-10-26-19)27-21(29)34-15-9-14-13(31-11-32-14)8-12(15)20-24-5-7-33-20/h5,7-10H,4,6,11H2,1-3H3,(H,28,30)(H2,23,25,26). The number of ether oxygens (including phenoxy) is 2. The first kappa shape index (κ1) is 22.4. The number of imidazole rings is 1. The number of amides is 1. The average molecular weight is 498 g/mol. The van der Waals surface area contributed by atoms with Gasteiger partial charge in [-0.2, -0.15) is 0 Å². The maximum atomic E-state index is 12.5. The van der Waals surface area contributed by atoms with Crippen LogP contribution < -0.4 is 20.5 Å². The summed E-state index contributed by atoms with van der Waals surface area (Å²) in [4.78, 5) is 31.1. The maximum absolute atomic E-state index is 12.5. The van der Waals surface area contributed by atoms with Gasteiger partial charge in [0, 0.05) is 40.5 Å². The fourth-order valence-electron chi connectivity index (χ4n) is 3.54. The molecule has 0 radical (unpaired) electrons. The van der Waals surface area contributed by atoms with Gasteiger partial charge in [0.15, 0.2) is 33.6 Å². The van der Waals surface area contributed by atoms with Crippen molar-refractivity contribution in [1.29, 1.82) is 0 Å². The van der Waals surface area contributed by atoms with Crippen molar-refractivity contribution in [2.24, 2.45) is 0 Å². The van der Waals surface area contributed by atoms with Gasteiger partial charge in [-0.05, 0) is 32.9 Å². The minimum atomic E-state index is -0.312. The Bertz CT molecular complexity index is 1360. The molecule has 34 heavy (non-hydrogen) atoms. The second kappa shape index (κ2) is 8.76. The van der Waals surface area contributed by atoms with Crippen LogP contribution in [-0.2, 0) is 11.3 Å². The molecule has 3 N–H and O–H groups in total. The Labute approximate surface area is 203 Å². The summed E-state index contributed by atoms with van der Waals surface area (Å²) < 4.78 is 13.1. The molecule has 5 rings (SSSR count). The first-order valence-corrected chi connectivity index (χ1v) is 12.3. The third kappa shape index (κ3) is 4.50. The molecule has 4 aromatic rings. The highest BCUT2D eigenvalue weighted by atomic mass is 32.2. The van der Waals surface area contributed by atoms with Gasteiger partial charge in [0.25, 0.3) is 0 Å². The van der Waals surface area contributed by atoms with E-state index in [0.29, 0.717) is 34.4 Å². The number of hydrogen-bond donors (Lipinski definition) is 2. The highest BCUT2D eigenvalue weighted by Gasteiger charge is 2.23. The first-order chi connectivity index (χ1) is 16.3. The van der Waals surface area contributed by atoms with E-state index in [-0.39, 0.29) is 30.5 Å². The summed E-state index contributed by atoms with van der Waals surface area (Å²) >= 11 is 2.97. The van der Waals surface area contributed by atoms with Gasteiger partial charge in [0.05, 0.1) is 0 Å². The van der Waals surface area contributed by atoms with Crippen molar-refractivity contribution in [3.63, 3.8) is 0 Å². The number of nitrogen functional groups attached to an aromatic ring is 1. The molecule has 12 heteroatoms. The number of aromatic nitrogens is 5. The number of fused-ring (bicyclic) bond motifs is 2. The number of carbonyl (C=O) groups excluding carboxylic acids is 1. The summed E-state index contributed by atoms with van der Waals surface area (Å²) in [5.74, 6) is 1.57. The summed E-state index contributed by atoms with van der Waals surface area (Å²) in [6.45, 7) is 6.41. The molecule has 0 aliphatic carbocycles. The molecular formula is C22H23N7O3S2. The minimum Gasteiger partial charge on any atom is -0.454 e. The van der Waals surface area contributed by atoms with E-state index in [1.807, 2.05) is 42.9 Å². The molecule has 3 aromatic heterocycles. The van der Waals surface area contributed by atoms with E-state index in [9.17, 15) is 4.79 Å².